The van der Waals surface area contributed by atoms with Crippen molar-refractivity contribution in [3.8, 4) is 12.0 Å². The van der Waals surface area contributed by atoms with Crippen LogP contribution in [0.2, 0.25) is 5.28 Å². The van der Waals surface area contributed by atoms with Gasteiger partial charge in [0.1, 0.15) is 6.61 Å². The van der Waals surface area contributed by atoms with Crippen LogP contribution >= 0.6 is 11.6 Å². The zero-order valence-corrected chi connectivity index (χ0v) is 11.7. The van der Waals surface area contributed by atoms with Crippen molar-refractivity contribution < 1.29 is 4.74 Å². The molecule has 3 heterocycles. The molecule has 1 aliphatic heterocycles. The third-order valence-corrected chi connectivity index (χ3v) is 3.29. The lowest BCUT2D eigenvalue weighted by Crippen LogP contribution is -2.25. The van der Waals surface area contributed by atoms with Gasteiger partial charge >= 0.3 is 6.01 Å². The molecule has 0 N–H and O–H groups in total. The predicted molar refractivity (Wildman–Crippen MR) is 73.1 cm³/mol. The van der Waals surface area contributed by atoms with Crippen LogP contribution in [0.4, 0.5) is 0 Å². The second-order valence-corrected chi connectivity index (χ2v) is 4.87. The van der Waals surface area contributed by atoms with Crippen LogP contribution in [0, 0.1) is 0 Å². The quantitative estimate of drug-likeness (QED) is 0.825. The highest BCUT2D eigenvalue weighted by Gasteiger charge is 2.12. The van der Waals surface area contributed by atoms with E-state index in [2.05, 4.69) is 25.0 Å². The summed E-state index contributed by atoms with van der Waals surface area (Å²) in [4.78, 5) is 14.5. The Morgan fingerprint density at radius 3 is 2.80 bits per heavy atom. The summed E-state index contributed by atoms with van der Waals surface area (Å²) in [6, 6.07) is 2.01. The van der Waals surface area contributed by atoms with E-state index in [4.69, 9.17) is 16.3 Å². The van der Waals surface area contributed by atoms with Gasteiger partial charge in [0.2, 0.25) is 5.28 Å². The molecular formula is C12H15ClN6O. The van der Waals surface area contributed by atoms with Gasteiger partial charge in [0.05, 0.1) is 0 Å². The normalized spacial score (nSPS) is 15.7. The van der Waals surface area contributed by atoms with Gasteiger partial charge in [0, 0.05) is 18.9 Å². The number of rotatable bonds is 5. The molecule has 0 atom stereocenters. The predicted octanol–water partition coefficient (Wildman–Crippen LogP) is 1.19. The molecule has 0 saturated carbocycles. The lowest BCUT2D eigenvalue weighted by Gasteiger charge is -2.14. The summed E-state index contributed by atoms with van der Waals surface area (Å²) in [5, 5.41) is 4.15. The molecule has 0 aromatic carbocycles. The van der Waals surface area contributed by atoms with Gasteiger partial charge in [-0.05, 0) is 43.6 Å². The van der Waals surface area contributed by atoms with Gasteiger partial charge < -0.3 is 4.74 Å². The number of likely N-dealkylation sites (tertiary alicyclic amines) is 1. The first-order chi connectivity index (χ1) is 9.81. The minimum atomic E-state index is 0.0988. The van der Waals surface area contributed by atoms with E-state index < -0.39 is 0 Å². The van der Waals surface area contributed by atoms with Crippen molar-refractivity contribution in [2.75, 3.05) is 26.2 Å². The Morgan fingerprint density at radius 1 is 1.20 bits per heavy atom. The Morgan fingerprint density at radius 2 is 2.05 bits per heavy atom. The highest BCUT2D eigenvalue weighted by atomic mass is 35.5. The summed E-state index contributed by atoms with van der Waals surface area (Å²) in [7, 11) is 0. The third-order valence-electron chi connectivity index (χ3n) is 3.12. The van der Waals surface area contributed by atoms with Crippen molar-refractivity contribution in [1.29, 1.82) is 0 Å². The first-order valence-electron chi connectivity index (χ1n) is 6.58. The molecule has 0 bridgehead atoms. The fraction of sp³-hybridized carbons (Fsp3) is 0.500. The van der Waals surface area contributed by atoms with Gasteiger partial charge in [0.25, 0.3) is 5.95 Å². The van der Waals surface area contributed by atoms with Crippen LogP contribution in [0.15, 0.2) is 18.5 Å². The highest BCUT2D eigenvalue weighted by molar-refractivity contribution is 6.28. The molecule has 1 aliphatic rings. The van der Waals surface area contributed by atoms with Crippen molar-refractivity contribution in [3.05, 3.63) is 23.7 Å². The van der Waals surface area contributed by atoms with Crippen molar-refractivity contribution in [2.24, 2.45) is 0 Å². The highest BCUT2D eigenvalue weighted by Crippen LogP contribution is 2.11. The molecule has 1 saturated heterocycles. The Bertz CT molecular complexity index is 555. The fourth-order valence-electron chi connectivity index (χ4n) is 2.15. The molecule has 1 fully saturated rings. The summed E-state index contributed by atoms with van der Waals surface area (Å²) in [5.41, 5.74) is 0. The molecule has 2 aromatic heterocycles. The average molecular weight is 295 g/mol. The molecule has 20 heavy (non-hydrogen) atoms. The SMILES string of the molecule is Clc1nc(OCCN2CCCC2)nc(-n2cccn2)n1. The molecule has 0 spiro atoms. The monoisotopic (exact) mass is 294 g/mol. The fourth-order valence-corrected chi connectivity index (χ4v) is 2.30. The zero-order chi connectivity index (χ0) is 13.8. The van der Waals surface area contributed by atoms with Crippen LogP contribution in [-0.2, 0) is 0 Å². The number of nitrogens with zero attached hydrogens (tertiary/aromatic N) is 6. The number of hydrogen-bond donors (Lipinski definition) is 0. The summed E-state index contributed by atoms with van der Waals surface area (Å²) < 4.78 is 7.07. The van der Waals surface area contributed by atoms with E-state index in [-0.39, 0.29) is 11.3 Å². The lowest BCUT2D eigenvalue weighted by molar-refractivity contribution is 0.224. The minimum Gasteiger partial charge on any atom is -0.462 e. The molecule has 0 amide bonds. The summed E-state index contributed by atoms with van der Waals surface area (Å²) in [6.07, 6.45) is 5.91. The summed E-state index contributed by atoms with van der Waals surface area (Å²) in [5.74, 6) is 0.353. The number of aromatic nitrogens is 5. The summed E-state index contributed by atoms with van der Waals surface area (Å²) >= 11 is 5.88. The molecule has 7 nitrogen and oxygen atoms in total. The van der Waals surface area contributed by atoms with Crippen LogP contribution in [0.3, 0.4) is 0 Å². The van der Waals surface area contributed by atoms with E-state index in [1.54, 1.807) is 18.5 Å². The maximum atomic E-state index is 5.88. The van der Waals surface area contributed by atoms with E-state index in [0.717, 1.165) is 19.6 Å². The molecule has 2 aromatic rings. The molecule has 0 unspecified atom stereocenters. The van der Waals surface area contributed by atoms with Crippen molar-refractivity contribution in [3.63, 3.8) is 0 Å². The van der Waals surface area contributed by atoms with Gasteiger partial charge in [0.15, 0.2) is 0 Å². The van der Waals surface area contributed by atoms with E-state index in [9.17, 15) is 0 Å². The van der Waals surface area contributed by atoms with E-state index in [0.29, 0.717) is 12.6 Å². The first-order valence-corrected chi connectivity index (χ1v) is 6.96. The zero-order valence-electron chi connectivity index (χ0n) is 10.9. The van der Waals surface area contributed by atoms with Gasteiger partial charge in [-0.2, -0.15) is 20.1 Å². The Balaban J connectivity index is 1.63. The maximum Gasteiger partial charge on any atom is 0.322 e. The lowest BCUT2D eigenvalue weighted by atomic mass is 10.4. The second kappa shape index (κ2) is 6.15. The standard InChI is InChI=1S/C12H15ClN6O/c13-10-15-11(19-7-3-4-14-19)17-12(16-10)20-9-8-18-5-1-2-6-18/h3-4,7H,1-2,5-6,8-9H2. The largest absolute Gasteiger partial charge is 0.462 e. The number of ether oxygens (including phenoxy) is 1. The molecule has 8 heteroatoms. The average Bonchev–Trinajstić information content (AvgIpc) is 3.11. The Labute approximate surface area is 121 Å². The molecule has 3 rings (SSSR count). The number of halogens is 1. The molecule has 0 aliphatic carbocycles. The summed E-state index contributed by atoms with van der Waals surface area (Å²) in [6.45, 7) is 3.69. The number of hydrogen-bond acceptors (Lipinski definition) is 6. The first kappa shape index (κ1) is 13.3. The van der Waals surface area contributed by atoms with Crippen LogP contribution in [0.25, 0.3) is 5.95 Å². The van der Waals surface area contributed by atoms with E-state index in [1.165, 1.54) is 17.5 Å². The van der Waals surface area contributed by atoms with Gasteiger partial charge in [-0.25, -0.2) is 4.68 Å². The van der Waals surface area contributed by atoms with Gasteiger partial charge in [-0.3, -0.25) is 4.90 Å². The van der Waals surface area contributed by atoms with E-state index in [1.807, 2.05) is 0 Å². The van der Waals surface area contributed by atoms with Crippen LogP contribution < -0.4 is 4.74 Å². The maximum absolute atomic E-state index is 5.88. The topological polar surface area (TPSA) is 69.0 Å². The third kappa shape index (κ3) is 3.23. The van der Waals surface area contributed by atoms with Gasteiger partial charge in [-0.1, -0.05) is 0 Å². The van der Waals surface area contributed by atoms with Crippen molar-refractivity contribution in [2.45, 2.75) is 12.8 Å². The van der Waals surface area contributed by atoms with Crippen molar-refractivity contribution in [1.82, 2.24) is 29.6 Å². The minimum absolute atomic E-state index is 0.0988. The Kier molecular flexibility index (Phi) is 4.08. The molecule has 106 valence electrons. The smallest absolute Gasteiger partial charge is 0.322 e. The van der Waals surface area contributed by atoms with Crippen LogP contribution in [-0.4, -0.2) is 55.9 Å². The Hall–Kier alpha value is -1.73. The van der Waals surface area contributed by atoms with Crippen LogP contribution in [0.5, 0.6) is 6.01 Å². The van der Waals surface area contributed by atoms with Crippen molar-refractivity contribution >= 4 is 11.6 Å². The second-order valence-electron chi connectivity index (χ2n) is 4.53. The molecule has 0 radical (unpaired) electrons. The van der Waals surface area contributed by atoms with E-state index >= 15 is 0 Å². The van der Waals surface area contributed by atoms with Gasteiger partial charge in [-0.15, -0.1) is 0 Å². The van der Waals surface area contributed by atoms with Crippen LogP contribution in [0.1, 0.15) is 12.8 Å². The molecular weight excluding hydrogens is 280 g/mol.